The van der Waals surface area contributed by atoms with E-state index in [0.717, 1.165) is 17.3 Å². The summed E-state index contributed by atoms with van der Waals surface area (Å²) in [5, 5.41) is 4.25. The first-order valence-electron chi connectivity index (χ1n) is 7.35. The van der Waals surface area contributed by atoms with Gasteiger partial charge in [0.2, 0.25) is 5.91 Å². The molecule has 5 nitrogen and oxygen atoms in total. The van der Waals surface area contributed by atoms with Crippen LogP contribution < -0.4 is 10.9 Å². The van der Waals surface area contributed by atoms with Crippen LogP contribution in [-0.2, 0) is 18.0 Å². The highest BCUT2D eigenvalue weighted by Gasteiger charge is 2.33. The number of hydrogen-bond donors (Lipinski definition) is 2. The van der Waals surface area contributed by atoms with Crippen LogP contribution >= 0.6 is 0 Å². The molecule has 1 heterocycles. The van der Waals surface area contributed by atoms with Gasteiger partial charge in [-0.2, -0.15) is 18.3 Å². The van der Waals surface area contributed by atoms with E-state index in [2.05, 4.69) is 16.0 Å². The van der Waals surface area contributed by atoms with Crippen molar-refractivity contribution in [2.45, 2.75) is 32.9 Å². The zero-order valence-corrected chi connectivity index (χ0v) is 13.8. The second-order valence-electron chi connectivity index (χ2n) is 5.59. The SMILES string of the molecule is Cc1nn(C)c(C)c1[C@@H](C)C(=O)NNc1ccccc1C(F)(F)F. The van der Waals surface area contributed by atoms with Crippen molar-refractivity contribution in [2.24, 2.45) is 7.05 Å². The normalized spacial score (nSPS) is 12.8. The molecule has 0 saturated carbocycles. The minimum Gasteiger partial charge on any atom is -0.298 e. The Balaban J connectivity index is 2.14. The molecule has 0 aliphatic heterocycles. The third-order valence-corrected chi connectivity index (χ3v) is 3.94. The second-order valence-corrected chi connectivity index (χ2v) is 5.59. The molecule has 2 rings (SSSR count). The van der Waals surface area contributed by atoms with Crippen LogP contribution in [0, 0.1) is 13.8 Å². The summed E-state index contributed by atoms with van der Waals surface area (Å²) < 4.78 is 40.5. The lowest BCUT2D eigenvalue weighted by Gasteiger charge is -2.17. The predicted molar refractivity (Wildman–Crippen MR) is 84.3 cm³/mol. The summed E-state index contributed by atoms with van der Waals surface area (Å²) in [7, 11) is 1.77. The van der Waals surface area contributed by atoms with Crippen LogP contribution in [0.25, 0.3) is 0 Å². The average Bonchev–Trinajstić information content (AvgIpc) is 2.76. The highest BCUT2D eigenvalue weighted by atomic mass is 19.4. The number of para-hydroxylation sites is 1. The molecule has 1 aromatic heterocycles. The number of hydrogen-bond acceptors (Lipinski definition) is 3. The molecule has 1 amide bonds. The number of amides is 1. The van der Waals surface area contributed by atoms with Crippen molar-refractivity contribution in [1.29, 1.82) is 0 Å². The summed E-state index contributed by atoms with van der Waals surface area (Å²) in [5.41, 5.74) is 5.99. The lowest BCUT2D eigenvalue weighted by Crippen LogP contribution is -2.34. The van der Waals surface area contributed by atoms with Crippen molar-refractivity contribution in [3.05, 3.63) is 46.8 Å². The Morgan fingerprint density at radius 3 is 2.42 bits per heavy atom. The molecule has 130 valence electrons. The van der Waals surface area contributed by atoms with Gasteiger partial charge in [-0.25, -0.2) is 0 Å². The summed E-state index contributed by atoms with van der Waals surface area (Å²) in [6.45, 7) is 5.31. The van der Waals surface area contributed by atoms with Gasteiger partial charge in [0.05, 0.1) is 22.9 Å². The molecular weight excluding hydrogens is 321 g/mol. The van der Waals surface area contributed by atoms with Gasteiger partial charge in [-0.15, -0.1) is 0 Å². The molecule has 0 fully saturated rings. The third kappa shape index (κ3) is 3.52. The highest BCUT2D eigenvalue weighted by Crippen LogP contribution is 2.34. The fourth-order valence-electron chi connectivity index (χ4n) is 2.62. The Labute approximate surface area is 137 Å². The van der Waals surface area contributed by atoms with Gasteiger partial charge >= 0.3 is 6.18 Å². The first-order chi connectivity index (χ1) is 11.1. The topological polar surface area (TPSA) is 59.0 Å². The molecule has 2 N–H and O–H groups in total. The number of carbonyl (C=O) groups is 1. The van der Waals surface area contributed by atoms with E-state index in [0.29, 0.717) is 5.69 Å². The van der Waals surface area contributed by atoms with E-state index in [4.69, 9.17) is 0 Å². The Morgan fingerprint density at radius 2 is 1.88 bits per heavy atom. The van der Waals surface area contributed by atoms with Gasteiger partial charge in [-0.05, 0) is 32.9 Å². The van der Waals surface area contributed by atoms with Crippen LogP contribution in [-0.4, -0.2) is 15.7 Å². The maximum atomic E-state index is 12.9. The van der Waals surface area contributed by atoms with Crippen LogP contribution in [0.4, 0.5) is 18.9 Å². The number of nitrogens with one attached hydrogen (secondary N) is 2. The van der Waals surface area contributed by atoms with Crippen LogP contribution in [0.15, 0.2) is 24.3 Å². The van der Waals surface area contributed by atoms with E-state index in [1.807, 2.05) is 6.92 Å². The highest BCUT2D eigenvalue weighted by molar-refractivity contribution is 5.85. The van der Waals surface area contributed by atoms with E-state index < -0.39 is 23.6 Å². The van der Waals surface area contributed by atoms with Crippen molar-refractivity contribution in [2.75, 3.05) is 5.43 Å². The maximum absolute atomic E-state index is 12.9. The summed E-state index contributed by atoms with van der Waals surface area (Å²) >= 11 is 0. The summed E-state index contributed by atoms with van der Waals surface area (Å²) in [5.74, 6) is -0.990. The lowest BCUT2D eigenvalue weighted by molar-refractivity contribution is -0.137. The number of benzene rings is 1. The molecule has 0 aliphatic carbocycles. The fraction of sp³-hybridized carbons (Fsp3) is 0.375. The van der Waals surface area contributed by atoms with Crippen LogP contribution in [0.2, 0.25) is 0 Å². The van der Waals surface area contributed by atoms with Gasteiger partial charge in [0.15, 0.2) is 0 Å². The first kappa shape index (κ1) is 17.8. The molecule has 1 atom stereocenters. The Bertz CT molecular complexity index is 752. The molecule has 1 aromatic carbocycles. The number of carbonyl (C=O) groups excluding carboxylic acids is 1. The number of anilines is 1. The predicted octanol–water partition coefficient (Wildman–Crippen LogP) is 3.30. The Morgan fingerprint density at radius 1 is 1.25 bits per heavy atom. The molecule has 0 bridgehead atoms. The fourth-order valence-corrected chi connectivity index (χ4v) is 2.62. The first-order valence-corrected chi connectivity index (χ1v) is 7.35. The van der Waals surface area contributed by atoms with E-state index >= 15 is 0 Å². The van der Waals surface area contributed by atoms with Crippen molar-refractivity contribution in [3.8, 4) is 0 Å². The zero-order valence-electron chi connectivity index (χ0n) is 13.8. The van der Waals surface area contributed by atoms with Gasteiger partial charge in [0, 0.05) is 18.3 Å². The molecule has 2 aromatic rings. The number of rotatable bonds is 4. The minimum absolute atomic E-state index is 0.204. The molecule has 0 spiro atoms. The number of alkyl halides is 3. The standard InChI is InChI=1S/C16H19F3N4O/c1-9(14-10(2)22-23(4)11(14)3)15(24)21-20-13-8-6-5-7-12(13)16(17,18)19/h5-9,20H,1-4H3,(H,21,24)/t9-/m1/s1. The van der Waals surface area contributed by atoms with E-state index in [1.165, 1.54) is 18.2 Å². The summed E-state index contributed by atoms with van der Waals surface area (Å²) in [6, 6.07) is 4.96. The zero-order chi connectivity index (χ0) is 18.1. The number of hydrazine groups is 1. The molecule has 0 aliphatic rings. The third-order valence-electron chi connectivity index (χ3n) is 3.94. The van der Waals surface area contributed by atoms with Gasteiger partial charge in [-0.3, -0.25) is 20.3 Å². The van der Waals surface area contributed by atoms with Crippen molar-refractivity contribution in [3.63, 3.8) is 0 Å². The van der Waals surface area contributed by atoms with Crippen molar-refractivity contribution < 1.29 is 18.0 Å². The Kier molecular flexibility index (Phi) is 4.86. The van der Waals surface area contributed by atoms with Gasteiger partial charge < -0.3 is 0 Å². The van der Waals surface area contributed by atoms with Crippen LogP contribution in [0.3, 0.4) is 0 Å². The molecule has 0 radical (unpaired) electrons. The van der Waals surface area contributed by atoms with E-state index in [1.54, 1.807) is 25.6 Å². The average molecular weight is 340 g/mol. The number of aromatic nitrogens is 2. The Hall–Kier alpha value is -2.51. The van der Waals surface area contributed by atoms with Crippen molar-refractivity contribution >= 4 is 11.6 Å². The van der Waals surface area contributed by atoms with Gasteiger partial charge in [-0.1, -0.05) is 12.1 Å². The molecule has 8 heteroatoms. The second kappa shape index (κ2) is 6.54. The quantitative estimate of drug-likeness (QED) is 0.840. The number of halogens is 3. The molecular formula is C16H19F3N4O. The smallest absolute Gasteiger partial charge is 0.298 e. The largest absolute Gasteiger partial charge is 0.418 e. The monoisotopic (exact) mass is 340 g/mol. The van der Waals surface area contributed by atoms with Crippen LogP contribution in [0.5, 0.6) is 0 Å². The number of aryl methyl sites for hydroxylation is 2. The lowest BCUT2D eigenvalue weighted by atomic mass is 9.98. The summed E-state index contributed by atoms with van der Waals surface area (Å²) in [4.78, 5) is 12.3. The minimum atomic E-state index is -4.50. The van der Waals surface area contributed by atoms with E-state index in [-0.39, 0.29) is 5.69 Å². The maximum Gasteiger partial charge on any atom is 0.418 e. The molecule has 24 heavy (non-hydrogen) atoms. The molecule has 0 unspecified atom stereocenters. The van der Waals surface area contributed by atoms with Gasteiger partial charge in [0.25, 0.3) is 0 Å². The number of nitrogens with zero attached hydrogens (tertiary/aromatic N) is 2. The van der Waals surface area contributed by atoms with Crippen molar-refractivity contribution in [1.82, 2.24) is 15.2 Å². The molecule has 0 saturated heterocycles. The van der Waals surface area contributed by atoms with E-state index in [9.17, 15) is 18.0 Å². The summed E-state index contributed by atoms with van der Waals surface area (Å²) in [6.07, 6.45) is -4.50. The van der Waals surface area contributed by atoms with Gasteiger partial charge in [0.1, 0.15) is 0 Å². The van der Waals surface area contributed by atoms with Crippen LogP contribution in [0.1, 0.15) is 35.4 Å².